The van der Waals surface area contributed by atoms with Crippen LogP contribution in [0.25, 0.3) is 0 Å². The number of carbonyl (C=O) groups excluding carboxylic acids is 3. The minimum absolute atomic E-state index is 0.0117. The molecule has 220 valence electrons. The summed E-state index contributed by atoms with van der Waals surface area (Å²) in [5.74, 6) is -0.149. The molecule has 2 fully saturated rings. The summed E-state index contributed by atoms with van der Waals surface area (Å²) < 4.78 is 0. The lowest BCUT2D eigenvalue weighted by Gasteiger charge is -2.35. The van der Waals surface area contributed by atoms with Gasteiger partial charge >= 0.3 is 0 Å². The smallest absolute Gasteiger partial charge is 0.280 e. The van der Waals surface area contributed by atoms with Crippen LogP contribution < -0.4 is 5.01 Å². The predicted molar refractivity (Wildman–Crippen MR) is 168 cm³/mol. The van der Waals surface area contributed by atoms with Gasteiger partial charge in [0.2, 0.25) is 0 Å². The van der Waals surface area contributed by atoms with Gasteiger partial charge in [-0.2, -0.15) is 10.1 Å². The van der Waals surface area contributed by atoms with E-state index in [0.717, 1.165) is 37.1 Å². The van der Waals surface area contributed by atoms with E-state index in [4.69, 9.17) is 5.10 Å². The average Bonchev–Trinajstić information content (AvgIpc) is 3.41. The molecular formula is C35H37N5O3. The standard InChI is InChI=1S/C35H37N5O3/c1-37(2)29-19-23-39(24-20-29)34(42)28-13-15-30(16-14-28)40-35(43)31(32(36-40)26-9-5-3-6-10-26)25-17-21-38(22-18-25)33(41)27-11-7-4-8-12-27/h3-16,29H,17-24H2,1-2H3. The molecule has 0 N–H and O–H groups in total. The number of nitrogens with zero attached hydrogens (tertiary/aromatic N) is 5. The van der Waals surface area contributed by atoms with Gasteiger partial charge in [0.1, 0.15) is 5.71 Å². The summed E-state index contributed by atoms with van der Waals surface area (Å²) in [5, 5.41) is 6.27. The molecule has 8 heteroatoms. The van der Waals surface area contributed by atoms with Crippen molar-refractivity contribution in [3.8, 4) is 0 Å². The summed E-state index contributed by atoms with van der Waals surface area (Å²) in [6.07, 6.45) is 3.14. The topological polar surface area (TPSA) is 76.5 Å². The Balaban J connectivity index is 1.21. The van der Waals surface area contributed by atoms with Crippen molar-refractivity contribution >= 4 is 29.1 Å². The van der Waals surface area contributed by atoms with Crippen molar-refractivity contribution in [3.63, 3.8) is 0 Å². The molecule has 0 aromatic heterocycles. The van der Waals surface area contributed by atoms with Crippen LogP contribution in [0.3, 0.4) is 0 Å². The van der Waals surface area contributed by atoms with Crippen LogP contribution in [0.5, 0.6) is 0 Å². The Kier molecular flexibility index (Phi) is 8.20. The zero-order valence-corrected chi connectivity index (χ0v) is 24.8. The highest BCUT2D eigenvalue weighted by atomic mass is 16.2. The summed E-state index contributed by atoms with van der Waals surface area (Å²) in [6, 6.07) is 26.8. The number of hydrogen-bond acceptors (Lipinski definition) is 5. The van der Waals surface area contributed by atoms with Crippen LogP contribution in [0.15, 0.2) is 101 Å². The molecule has 6 rings (SSSR count). The molecule has 0 bridgehead atoms. The first-order valence-corrected chi connectivity index (χ1v) is 15.0. The van der Waals surface area contributed by atoms with Crippen molar-refractivity contribution in [1.82, 2.24) is 14.7 Å². The van der Waals surface area contributed by atoms with E-state index < -0.39 is 0 Å². The molecule has 0 aliphatic carbocycles. The fourth-order valence-electron chi connectivity index (χ4n) is 6.20. The quantitative estimate of drug-likeness (QED) is 0.408. The van der Waals surface area contributed by atoms with Crippen LogP contribution in [0, 0.1) is 0 Å². The molecule has 3 aromatic carbocycles. The summed E-state index contributed by atoms with van der Waals surface area (Å²) >= 11 is 0. The van der Waals surface area contributed by atoms with E-state index in [-0.39, 0.29) is 17.7 Å². The van der Waals surface area contributed by atoms with Crippen LogP contribution in [0.4, 0.5) is 5.69 Å². The van der Waals surface area contributed by atoms with Gasteiger partial charge in [-0.25, -0.2) is 0 Å². The molecule has 3 aliphatic heterocycles. The molecule has 43 heavy (non-hydrogen) atoms. The summed E-state index contributed by atoms with van der Waals surface area (Å²) in [6.45, 7) is 2.57. The second-order valence-corrected chi connectivity index (χ2v) is 11.6. The number of hydrazone groups is 1. The number of piperidine rings is 2. The van der Waals surface area contributed by atoms with Crippen molar-refractivity contribution in [3.05, 3.63) is 113 Å². The molecule has 3 amide bonds. The highest BCUT2D eigenvalue weighted by molar-refractivity contribution is 6.35. The van der Waals surface area contributed by atoms with Crippen LogP contribution in [-0.2, 0) is 4.79 Å². The van der Waals surface area contributed by atoms with Crippen LogP contribution in [0.2, 0.25) is 0 Å². The molecule has 0 unspecified atom stereocenters. The van der Waals surface area contributed by atoms with Crippen LogP contribution in [-0.4, -0.2) is 84.4 Å². The largest absolute Gasteiger partial charge is 0.339 e. The minimum Gasteiger partial charge on any atom is -0.339 e. The fourth-order valence-corrected chi connectivity index (χ4v) is 6.20. The van der Waals surface area contributed by atoms with Gasteiger partial charge in [-0.05, 0) is 76.2 Å². The van der Waals surface area contributed by atoms with E-state index in [1.807, 2.05) is 70.5 Å². The normalized spacial score (nSPS) is 18.0. The van der Waals surface area contributed by atoms with E-state index in [9.17, 15) is 14.4 Å². The lowest BCUT2D eigenvalue weighted by atomic mass is 9.91. The fraction of sp³-hybridized carbons (Fsp3) is 0.314. The first-order valence-electron chi connectivity index (χ1n) is 15.0. The highest BCUT2D eigenvalue weighted by Crippen LogP contribution is 2.32. The molecule has 8 nitrogen and oxygen atoms in total. The summed E-state index contributed by atoms with van der Waals surface area (Å²) in [7, 11) is 4.17. The van der Waals surface area contributed by atoms with Crippen molar-refractivity contribution in [2.24, 2.45) is 5.10 Å². The van der Waals surface area contributed by atoms with E-state index >= 15 is 0 Å². The van der Waals surface area contributed by atoms with Crippen LogP contribution in [0.1, 0.15) is 52.0 Å². The minimum atomic E-state index is -0.179. The third-order valence-electron chi connectivity index (χ3n) is 8.76. The number of rotatable bonds is 5. The van der Waals surface area contributed by atoms with Gasteiger partial charge in [0.25, 0.3) is 17.7 Å². The van der Waals surface area contributed by atoms with Crippen molar-refractivity contribution < 1.29 is 14.4 Å². The number of anilines is 1. The number of hydrogen-bond donors (Lipinski definition) is 0. The van der Waals surface area contributed by atoms with Gasteiger partial charge in [-0.1, -0.05) is 54.1 Å². The van der Waals surface area contributed by atoms with E-state index in [0.29, 0.717) is 60.1 Å². The van der Waals surface area contributed by atoms with Gasteiger partial charge in [-0.15, -0.1) is 0 Å². The third-order valence-corrected chi connectivity index (χ3v) is 8.76. The molecule has 3 aliphatic rings. The molecule has 0 spiro atoms. The van der Waals surface area contributed by atoms with Gasteiger partial charge in [0.05, 0.1) is 11.3 Å². The van der Waals surface area contributed by atoms with Gasteiger partial charge in [-0.3, -0.25) is 14.4 Å². The Labute approximate surface area is 252 Å². The molecule has 2 saturated heterocycles. The Morgan fingerprint density at radius 1 is 0.721 bits per heavy atom. The average molecular weight is 576 g/mol. The Bertz CT molecular complexity index is 1550. The zero-order valence-electron chi connectivity index (χ0n) is 24.8. The van der Waals surface area contributed by atoms with Crippen molar-refractivity contribution in [1.29, 1.82) is 0 Å². The summed E-state index contributed by atoms with van der Waals surface area (Å²) in [5.41, 5.74) is 5.05. The van der Waals surface area contributed by atoms with Crippen molar-refractivity contribution in [2.45, 2.75) is 31.7 Å². The van der Waals surface area contributed by atoms with E-state index in [2.05, 4.69) is 19.0 Å². The maximum absolute atomic E-state index is 14.0. The molecular weight excluding hydrogens is 538 g/mol. The molecule has 3 heterocycles. The first-order chi connectivity index (χ1) is 20.9. The number of benzene rings is 3. The molecule has 3 aromatic rings. The van der Waals surface area contributed by atoms with Gasteiger partial charge in [0, 0.05) is 48.9 Å². The highest BCUT2D eigenvalue weighted by Gasteiger charge is 2.36. The zero-order chi connectivity index (χ0) is 29.9. The molecule has 0 atom stereocenters. The Hall–Kier alpha value is -4.56. The van der Waals surface area contributed by atoms with E-state index in [1.165, 1.54) is 5.01 Å². The monoisotopic (exact) mass is 575 g/mol. The second-order valence-electron chi connectivity index (χ2n) is 11.6. The SMILES string of the molecule is CN(C)C1CCN(C(=O)c2ccc(N3N=C(c4ccccc4)C(=C4CCN(C(=O)c5ccccc5)CC4)C3=O)cc2)CC1. The summed E-state index contributed by atoms with van der Waals surface area (Å²) in [4.78, 5) is 46.2. The first kappa shape index (κ1) is 28.6. The maximum Gasteiger partial charge on any atom is 0.280 e. The van der Waals surface area contributed by atoms with Gasteiger partial charge in [0.15, 0.2) is 0 Å². The lowest BCUT2D eigenvalue weighted by Crippen LogP contribution is -2.44. The van der Waals surface area contributed by atoms with E-state index in [1.54, 1.807) is 24.3 Å². The molecule has 0 saturated carbocycles. The Morgan fingerprint density at radius 2 is 1.26 bits per heavy atom. The van der Waals surface area contributed by atoms with Gasteiger partial charge < -0.3 is 14.7 Å². The Morgan fingerprint density at radius 3 is 1.84 bits per heavy atom. The number of amides is 3. The number of carbonyl (C=O) groups is 3. The lowest BCUT2D eigenvalue weighted by molar-refractivity contribution is -0.114. The second kappa shape index (κ2) is 12.4. The van der Waals surface area contributed by atoms with Crippen molar-refractivity contribution in [2.75, 3.05) is 45.3 Å². The van der Waals surface area contributed by atoms with Crippen LogP contribution >= 0.6 is 0 Å². The maximum atomic E-state index is 14.0. The molecule has 0 radical (unpaired) electrons. The predicted octanol–water partition coefficient (Wildman–Crippen LogP) is 4.84. The number of likely N-dealkylation sites (tertiary alicyclic amines) is 2. The third kappa shape index (κ3) is 5.88.